The lowest BCUT2D eigenvalue weighted by Gasteiger charge is -2.37. The number of rotatable bonds is 6. The third kappa shape index (κ3) is 5.20. The van der Waals surface area contributed by atoms with Crippen LogP contribution in [0.15, 0.2) is 60.7 Å². The summed E-state index contributed by atoms with van der Waals surface area (Å²) in [4.78, 5) is 29.8. The zero-order chi connectivity index (χ0) is 19.9. The quantitative estimate of drug-likeness (QED) is 0.840. The number of piperazine rings is 1. The van der Waals surface area contributed by atoms with Gasteiger partial charge < -0.3 is 10.2 Å². The monoisotopic (exact) mass is 379 g/mol. The van der Waals surface area contributed by atoms with Gasteiger partial charge in [0.1, 0.15) is 6.04 Å². The minimum Gasteiger partial charge on any atom is -0.340 e. The van der Waals surface area contributed by atoms with Crippen LogP contribution in [0.25, 0.3) is 0 Å². The van der Waals surface area contributed by atoms with Crippen LogP contribution < -0.4 is 5.32 Å². The molecule has 148 valence electrons. The number of benzene rings is 2. The van der Waals surface area contributed by atoms with E-state index in [0.29, 0.717) is 18.7 Å². The molecule has 1 atom stereocenters. The molecule has 1 heterocycles. The molecule has 5 heteroatoms. The first-order valence-corrected chi connectivity index (χ1v) is 9.95. The van der Waals surface area contributed by atoms with E-state index >= 15 is 0 Å². The molecule has 0 bridgehead atoms. The lowest BCUT2D eigenvalue weighted by atomic mass is 10.0. The Labute approximate surface area is 167 Å². The number of nitrogens with zero attached hydrogens (tertiary/aromatic N) is 2. The SMILES string of the molecule is CC(C)[C@@H](NC(=O)c1ccccc1)C(=O)N1CCN(Cc2ccccc2)CC1. The van der Waals surface area contributed by atoms with Crippen molar-refractivity contribution in [3.63, 3.8) is 0 Å². The average molecular weight is 380 g/mol. The van der Waals surface area contributed by atoms with Gasteiger partial charge in [-0.1, -0.05) is 62.4 Å². The van der Waals surface area contributed by atoms with Crippen molar-refractivity contribution in [3.8, 4) is 0 Å². The van der Waals surface area contributed by atoms with Crippen molar-refractivity contribution in [2.75, 3.05) is 26.2 Å². The smallest absolute Gasteiger partial charge is 0.251 e. The molecule has 0 spiro atoms. The van der Waals surface area contributed by atoms with Gasteiger partial charge in [-0.2, -0.15) is 0 Å². The summed E-state index contributed by atoms with van der Waals surface area (Å²) < 4.78 is 0. The summed E-state index contributed by atoms with van der Waals surface area (Å²) in [5.41, 5.74) is 1.87. The fourth-order valence-electron chi connectivity index (χ4n) is 3.49. The van der Waals surface area contributed by atoms with Crippen LogP contribution in [0.2, 0.25) is 0 Å². The Kier molecular flexibility index (Phi) is 6.82. The summed E-state index contributed by atoms with van der Waals surface area (Å²) in [5.74, 6) is -0.156. The molecular formula is C23H29N3O2. The molecule has 2 aromatic rings. The van der Waals surface area contributed by atoms with Gasteiger partial charge in [-0.3, -0.25) is 14.5 Å². The molecule has 1 aliphatic heterocycles. The van der Waals surface area contributed by atoms with Crippen molar-refractivity contribution in [2.45, 2.75) is 26.4 Å². The lowest BCUT2D eigenvalue weighted by Crippen LogP contribution is -2.56. The second-order valence-corrected chi connectivity index (χ2v) is 7.65. The highest BCUT2D eigenvalue weighted by Crippen LogP contribution is 2.13. The minimum atomic E-state index is -0.506. The van der Waals surface area contributed by atoms with Crippen molar-refractivity contribution < 1.29 is 9.59 Å². The Bertz CT molecular complexity index is 769. The molecule has 1 aliphatic rings. The van der Waals surface area contributed by atoms with Gasteiger partial charge in [-0.15, -0.1) is 0 Å². The summed E-state index contributed by atoms with van der Waals surface area (Å²) in [6, 6.07) is 18.9. The third-order valence-electron chi connectivity index (χ3n) is 5.19. The molecule has 1 N–H and O–H groups in total. The molecular weight excluding hydrogens is 350 g/mol. The highest BCUT2D eigenvalue weighted by atomic mass is 16.2. The largest absolute Gasteiger partial charge is 0.340 e. The Balaban J connectivity index is 1.56. The first-order chi connectivity index (χ1) is 13.5. The van der Waals surface area contributed by atoms with Crippen molar-refractivity contribution in [3.05, 3.63) is 71.8 Å². The van der Waals surface area contributed by atoms with E-state index in [1.165, 1.54) is 5.56 Å². The molecule has 0 aromatic heterocycles. The van der Waals surface area contributed by atoms with Gasteiger partial charge in [-0.05, 0) is 23.6 Å². The van der Waals surface area contributed by atoms with Crippen LogP contribution in [0.5, 0.6) is 0 Å². The predicted molar refractivity (Wildman–Crippen MR) is 111 cm³/mol. The number of hydrogen-bond donors (Lipinski definition) is 1. The Morgan fingerprint density at radius 3 is 2.04 bits per heavy atom. The Hall–Kier alpha value is -2.66. The predicted octanol–water partition coefficient (Wildman–Crippen LogP) is 2.79. The number of carbonyl (C=O) groups is 2. The molecule has 1 fully saturated rings. The van der Waals surface area contributed by atoms with Gasteiger partial charge in [0.25, 0.3) is 5.91 Å². The van der Waals surface area contributed by atoms with Crippen LogP contribution in [-0.2, 0) is 11.3 Å². The van der Waals surface area contributed by atoms with Crippen LogP contribution in [0, 0.1) is 5.92 Å². The summed E-state index contributed by atoms with van der Waals surface area (Å²) in [7, 11) is 0. The number of carbonyl (C=O) groups excluding carboxylic acids is 2. The standard InChI is InChI=1S/C23H29N3O2/c1-18(2)21(24-22(27)20-11-7-4-8-12-20)23(28)26-15-13-25(14-16-26)17-19-9-5-3-6-10-19/h3-12,18,21H,13-17H2,1-2H3,(H,24,27)/t21-/m1/s1. The molecule has 0 saturated carbocycles. The molecule has 3 rings (SSSR count). The fraction of sp³-hybridized carbons (Fsp3) is 0.391. The number of nitrogens with one attached hydrogen (secondary N) is 1. The molecule has 1 saturated heterocycles. The van der Waals surface area contributed by atoms with Crippen LogP contribution in [0.3, 0.4) is 0 Å². The first kappa shape index (κ1) is 20.1. The van der Waals surface area contributed by atoms with E-state index < -0.39 is 6.04 Å². The summed E-state index contributed by atoms with van der Waals surface area (Å²) >= 11 is 0. The first-order valence-electron chi connectivity index (χ1n) is 9.95. The van der Waals surface area contributed by atoms with Crippen LogP contribution in [0.1, 0.15) is 29.8 Å². The lowest BCUT2D eigenvalue weighted by molar-refractivity contribution is -0.136. The van der Waals surface area contributed by atoms with E-state index in [4.69, 9.17) is 0 Å². The maximum atomic E-state index is 13.1. The maximum absolute atomic E-state index is 13.1. The summed E-state index contributed by atoms with van der Waals surface area (Å²) in [5, 5.41) is 2.94. The highest BCUT2D eigenvalue weighted by molar-refractivity contribution is 5.97. The van der Waals surface area contributed by atoms with Crippen molar-refractivity contribution in [2.24, 2.45) is 5.92 Å². The average Bonchev–Trinajstić information content (AvgIpc) is 2.73. The van der Waals surface area contributed by atoms with Crippen molar-refractivity contribution >= 4 is 11.8 Å². The van der Waals surface area contributed by atoms with Gasteiger partial charge in [-0.25, -0.2) is 0 Å². The van der Waals surface area contributed by atoms with Crippen molar-refractivity contribution in [1.29, 1.82) is 0 Å². The molecule has 0 unspecified atom stereocenters. The molecule has 0 radical (unpaired) electrons. The van der Waals surface area contributed by atoms with Crippen LogP contribution >= 0.6 is 0 Å². The van der Waals surface area contributed by atoms with Gasteiger partial charge in [0.05, 0.1) is 0 Å². The van der Waals surface area contributed by atoms with Crippen LogP contribution in [0.4, 0.5) is 0 Å². The number of amides is 2. The fourth-order valence-corrected chi connectivity index (χ4v) is 3.49. The van der Waals surface area contributed by atoms with Gasteiger partial charge in [0, 0.05) is 38.3 Å². The topological polar surface area (TPSA) is 52.7 Å². The molecule has 5 nitrogen and oxygen atoms in total. The van der Waals surface area contributed by atoms with Gasteiger partial charge in [0.15, 0.2) is 0 Å². The molecule has 0 aliphatic carbocycles. The minimum absolute atomic E-state index is 0.0126. The third-order valence-corrected chi connectivity index (χ3v) is 5.19. The Morgan fingerprint density at radius 2 is 1.46 bits per heavy atom. The zero-order valence-electron chi connectivity index (χ0n) is 16.7. The van der Waals surface area contributed by atoms with Gasteiger partial charge in [0.2, 0.25) is 5.91 Å². The molecule has 2 amide bonds. The normalized spacial score (nSPS) is 16.0. The van der Waals surface area contributed by atoms with Crippen molar-refractivity contribution in [1.82, 2.24) is 15.1 Å². The molecule has 2 aromatic carbocycles. The second kappa shape index (κ2) is 9.51. The number of hydrogen-bond acceptors (Lipinski definition) is 3. The van der Waals surface area contributed by atoms with Gasteiger partial charge >= 0.3 is 0 Å². The van der Waals surface area contributed by atoms with E-state index in [1.54, 1.807) is 12.1 Å². The summed E-state index contributed by atoms with van der Waals surface area (Å²) in [6.07, 6.45) is 0. The molecule has 28 heavy (non-hydrogen) atoms. The van der Waals surface area contributed by atoms with E-state index in [-0.39, 0.29) is 17.7 Å². The van der Waals surface area contributed by atoms with E-state index in [0.717, 1.165) is 19.6 Å². The maximum Gasteiger partial charge on any atom is 0.251 e. The van der Waals surface area contributed by atoms with E-state index in [9.17, 15) is 9.59 Å². The summed E-state index contributed by atoms with van der Waals surface area (Å²) in [6.45, 7) is 7.92. The van der Waals surface area contributed by atoms with E-state index in [1.807, 2.05) is 43.0 Å². The Morgan fingerprint density at radius 1 is 0.893 bits per heavy atom. The zero-order valence-corrected chi connectivity index (χ0v) is 16.7. The highest BCUT2D eigenvalue weighted by Gasteiger charge is 2.30. The van der Waals surface area contributed by atoms with Crippen LogP contribution in [-0.4, -0.2) is 53.8 Å². The second-order valence-electron chi connectivity index (χ2n) is 7.65. The van der Waals surface area contributed by atoms with E-state index in [2.05, 4.69) is 34.5 Å².